The van der Waals surface area contributed by atoms with Gasteiger partial charge >= 0.3 is 0 Å². The SMILES string of the molecule is C.C.C[C@H](CO)C1CCC2C3C=CC4=CC(=O)CC[C@]4(C)C3CC[C@@]21C.Cc1ccc(S(=O)(=O)OC[C@@H](C)C2CCC3C4C=CC5=CC(=O)CC[C@]5(C)C4CC[C@@]32C)cc1. The Labute approximate surface area is 364 Å². The first-order valence-corrected chi connectivity index (χ1v) is 24.3. The fourth-order valence-corrected chi connectivity index (χ4v) is 16.2. The molecule has 8 unspecified atom stereocenters. The molecule has 332 valence electrons. The number of fused-ring (bicyclic) bond motifs is 10. The van der Waals surface area contributed by atoms with Crippen LogP contribution in [-0.2, 0) is 23.9 Å². The summed E-state index contributed by atoms with van der Waals surface area (Å²) in [5.74, 6) is 6.17. The Kier molecular flexibility index (Phi) is 13.4. The number of ketones is 2. The second kappa shape index (κ2) is 17.2. The third-order valence-electron chi connectivity index (χ3n) is 18.6. The number of aryl methyl sites for hydroxylation is 1. The molecule has 7 heteroatoms. The molecule has 1 aromatic rings. The Balaban J connectivity index is 0.000000205. The Morgan fingerprint density at radius 2 is 1.12 bits per heavy atom. The normalized spacial score (nSPS) is 40.9. The van der Waals surface area contributed by atoms with E-state index in [0.29, 0.717) is 71.6 Å². The lowest BCUT2D eigenvalue weighted by Gasteiger charge is -2.56. The van der Waals surface area contributed by atoms with Crippen molar-refractivity contribution in [3.63, 3.8) is 0 Å². The van der Waals surface area contributed by atoms with Gasteiger partial charge in [-0.2, -0.15) is 8.42 Å². The number of hydrogen-bond acceptors (Lipinski definition) is 6. The molecule has 9 rings (SSSR count). The lowest BCUT2D eigenvalue weighted by Crippen LogP contribution is -2.49. The van der Waals surface area contributed by atoms with Crippen LogP contribution in [0.2, 0.25) is 0 Å². The summed E-state index contributed by atoms with van der Waals surface area (Å²) in [5, 5.41) is 9.70. The van der Waals surface area contributed by atoms with Crippen molar-refractivity contribution in [3.8, 4) is 0 Å². The Morgan fingerprint density at radius 3 is 1.57 bits per heavy atom. The van der Waals surface area contributed by atoms with Crippen LogP contribution in [0.15, 0.2) is 76.8 Å². The molecule has 0 bridgehead atoms. The van der Waals surface area contributed by atoms with Crippen LogP contribution in [0.25, 0.3) is 0 Å². The van der Waals surface area contributed by atoms with Crippen molar-refractivity contribution in [2.24, 2.45) is 80.8 Å². The molecule has 8 aliphatic rings. The number of aliphatic hydroxyl groups is 1. The summed E-state index contributed by atoms with van der Waals surface area (Å²) in [7, 11) is -3.74. The predicted octanol–water partition coefficient (Wildman–Crippen LogP) is 12.1. The number of carbonyl (C=O) groups excluding carboxylic acids is 2. The zero-order valence-corrected chi connectivity index (χ0v) is 37.2. The number of aliphatic hydroxyl groups excluding tert-OH is 1. The minimum absolute atomic E-state index is 0. The third kappa shape index (κ3) is 7.75. The van der Waals surface area contributed by atoms with Gasteiger partial charge in [-0.25, -0.2) is 0 Å². The van der Waals surface area contributed by atoms with Crippen molar-refractivity contribution in [1.82, 2.24) is 0 Å². The molecule has 1 aromatic carbocycles. The van der Waals surface area contributed by atoms with Crippen molar-refractivity contribution in [2.45, 2.75) is 145 Å². The van der Waals surface area contributed by atoms with E-state index in [-0.39, 0.29) is 54.3 Å². The lowest BCUT2D eigenvalue weighted by molar-refractivity contribution is -0.117. The van der Waals surface area contributed by atoms with Crippen LogP contribution >= 0.6 is 0 Å². The second-order valence-electron chi connectivity index (χ2n) is 21.4. The number of benzene rings is 1. The first kappa shape index (κ1) is 46.9. The van der Waals surface area contributed by atoms with E-state index in [1.54, 1.807) is 12.1 Å². The monoisotopic (exact) mass is 843 g/mol. The summed E-state index contributed by atoms with van der Waals surface area (Å²) >= 11 is 0. The Morgan fingerprint density at radius 1 is 0.667 bits per heavy atom. The highest BCUT2D eigenvalue weighted by atomic mass is 32.2. The van der Waals surface area contributed by atoms with Gasteiger partial charge in [0.05, 0.1) is 11.5 Å². The fourth-order valence-electron chi connectivity index (χ4n) is 15.2. The van der Waals surface area contributed by atoms with E-state index < -0.39 is 10.1 Å². The molecule has 1 N–H and O–H groups in total. The van der Waals surface area contributed by atoms with Gasteiger partial charge in [0.2, 0.25) is 0 Å². The lowest BCUT2D eigenvalue weighted by atomic mass is 9.48. The quantitative estimate of drug-likeness (QED) is 0.275. The zero-order chi connectivity index (χ0) is 41.4. The minimum Gasteiger partial charge on any atom is -0.396 e. The van der Waals surface area contributed by atoms with Gasteiger partial charge in [-0.3, -0.25) is 13.8 Å². The minimum atomic E-state index is -3.74. The highest BCUT2D eigenvalue weighted by molar-refractivity contribution is 7.86. The van der Waals surface area contributed by atoms with Crippen LogP contribution in [0, 0.1) is 87.8 Å². The highest BCUT2D eigenvalue weighted by Gasteiger charge is 2.60. The van der Waals surface area contributed by atoms with E-state index in [1.165, 1.54) is 56.1 Å². The average Bonchev–Trinajstić information content (AvgIpc) is 3.74. The average molecular weight is 843 g/mol. The summed E-state index contributed by atoms with van der Waals surface area (Å²) in [6, 6.07) is 6.87. The van der Waals surface area contributed by atoms with Crippen LogP contribution in [0.1, 0.15) is 139 Å². The maximum atomic E-state index is 12.7. The van der Waals surface area contributed by atoms with Crippen LogP contribution in [-0.4, -0.2) is 38.3 Å². The maximum Gasteiger partial charge on any atom is 0.296 e. The van der Waals surface area contributed by atoms with Gasteiger partial charge in [0, 0.05) is 19.4 Å². The molecule has 6 nitrogen and oxygen atoms in total. The molecule has 8 aliphatic carbocycles. The van der Waals surface area contributed by atoms with Crippen molar-refractivity contribution >= 4 is 21.7 Å². The third-order valence-corrected chi connectivity index (χ3v) is 19.9. The predicted molar refractivity (Wildman–Crippen MR) is 243 cm³/mol. The van der Waals surface area contributed by atoms with Crippen molar-refractivity contribution in [2.75, 3.05) is 13.2 Å². The fraction of sp³-hybridized carbons (Fsp3) is 0.698. The van der Waals surface area contributed by atoms with Gasteiger partial charge < -0.3 is 5.11 Å². The maximum absolute atomic E-state index is 12.7. The number of hydrogen-bond donors (Lipinski definition) is 1. The van der Waals surface area contributed by atoms with Gasteiger partial charge in [-0.05, 0) is 187 Å². The van der Waals surface area contributed by atoms with E-state index in [1.807, 2.05) is 31.2 Å². The molecule has 14 atom stereocenters. The van der Waals surface area contributed by atoms with Gasteiger partial charge in [-0.15, -0.1) is 0 Å². The van der Waals surface area contributed by atoms with Crippen LogP contribution in [0.5, 0.6) is 0 Å². The summed E-state index contributed by atoms with van der Waals surface area (Å²) in [4.78, 5) is 24.1. The first-order valence-electron chi connectivity index (χ1n) is 22.9. The summed E-state index contributed by atoms with van der Waals surface area (Å²) in [5.41, 5.74) is 4.47. The van der Waals surface area contributed by atoms with Gasteiger partial charge in [0.15, 0.2) is 11.6 Å². The van der Waals surface area contributed by atoms with Crippen LogP contribution in [0.3, 0.4) is 0 Å². The molecular formula is C53H78O6S. The van der Waals surface area contributed by atoms with Crippen molar-refractivity contribution < 1.29 is 27.3 Å². The zero-order valence-electron chi connectivity index (χ0n) is 36.3. The van der Waals surface area contributed by atoms with Gasteiger partial charge in [0.1, 0.15) is 0 Å². The highest BCUT2D eigenvalue weighted by Crippen LogP contribution is 2.67. The number of rotatable bonds is 7. The first-order chi connectivity index (χ1) is 27.4. The summed E-state index contributed by atoms with van der Waals surface area (Å²) in [6.07, 6.45) is 26.4. The van der Waals surface area contributed by atoms with E-state index >= 15 is 0 Å². The van der Waals surface area contributed by atoms with Crippen molar-refractivity contribution in [1.29, 1.82) is 0 Å². The van der Waals surface area contributed by atoms with E-state index in [2.05, 4.69) is 65.8 Å². The van der Waals surface area contributed by atoms with Crippen LogP contribution < -0.4 is 0 Å². The molecule has 4 saturated carbocycles. The van der Waals surface area contributed by atoms with E-state index in [0.717, 1.165) is 37.2 Å². The molecule has 60 heavy (non-hydrogen) atoms. The largest absolute Gasteiger partial charge is 0.396 e. The Bertz CT molecular complexity index is 2010. The molecule has 0 saturated heterocycles. The second-order valence-corrected chi connectivity index (χ2v) is 23.0. The molecule has 0 aliphatic heterocycles. The van der Waals surface area contributed by atoms with Gasteiger partial charge in [0.25, 0.3) is 10.1 Å². The number of carbonyl (C=O) groups is 2. The molecule has 0 heterocycles. The molecule has 0 spiro atoms. The standard InChI is InChI=1S/C29H38O4S.C22H32O2.2CH4/c1-19-5-8-23(9-6-19)34(31,32)33-18-20(2)25-11-12-26-24-10-7-21-17-22(30)13-15-28(21,3)27(24)14-16-29(25,26)4;1-14(13-23)18-6-7-19-17-5-4-15-12-16(24)8-10-21(15,2)20(17)9-11-22(18,19)3;;/h5-10,17,20,24-27H,11-16,18H2,1-4H3;4-5,12,14,17-20,23H,6-11,13H2,1-3H3;2*1H4/t20-,24?,25?,26?,27?,28+,29-;14-,17?,18?,19?,20?,21+,22-;;/m11../s1. The molecule has 0 amide bonds. The number of allylic oxidation sites excluding steroid dienone is 8. The summed E-state index contributed by atoms with van der Waals surface area (Å²) < 4.78 is 31.1. The molecular weight excluding hydrogens is 765 g/mol. The molecule has 0 aromatic heterocycles. The smallest absolute Gasteiger partial charge is 0.296 e. The summed E-state index contributed by atoms with van der Waals surface area (Å²) in [6.45, 7) is 16.6. The van der Waals surface area contributed by atoms with E-state index in [4.69, 9.17) is 4.18 Å². The molecule has 0 radical (unpaired) electrons. The van der Waals surface area contributed by atoms with Crippen molar-refractivity contribution in [3.05, 3.63) is 77.4 Å². The topological polar surface area (TPSA) is 97.7 Å². The Hall–Kier alpha value is -2.61. The molecule has 4 fully saturated rings. The van der Waals surface area contributed by atoms with Gasteiger partial charge in [-0.1, -0.05) is 98.4 Å². The van der Waals surface area contributed by atoms with Crippen LogP contribution in [0.4, 0.5) is 0 Å². The van der Waals surface area contributed by atoms with E-state index in [9.17, 15) is 23.1 Å².